The normalized spacial score (nSPS) is 23.1. The average molecular weight is 508 g/mol. The van der Waals surface area contributed by atoms with Crippen molar-refractivity contribution in [2.45, 2.75) is 57.4 Å². The number of morpholine rings is 1. The summed E-state index contributed by atoms with van der Waals surface area (Å²) in [6.45, 7) is 10.4. The van der Waals surface area contributed by atoms with Crippen LogP contribution in [0.5, 0.6) is 0 Å². The zero-order chi connectivity index (χ0) is 19.0. The van der Waals surface area contributed by atoms with Gasteiger partial charge in [0.2, 0.25) is 0 Å². The van der Waals surface area contributed by atoms with Gasteiger partial charge in [0.15, 0.2) is 5.96 Å². The Morgan fingerprint density at radius 2 is 1.93 bits per heavy atom. The molecule has 0 bridgehead atoms. The standard InChI is InChI=1S/C21H40N4O2.HI/c1-3-22-20(24(2)11-14-27-17-19-7-8-19)23-18-21(9-5-4-6-10-21)25-12-15-26-16-13-25;/h19H,3-18H2,1-2H3,(H,22,23);1H. The van der Waals surface area contributed by atoms with Gasteiger partial charge in [-0.15, -0.1) is 24.0 Å². The first kappa shape index (κ1) is 24.2. The number of hydrogen-bond acceptors (Lipinski definition) is 4. The molecule has 6 nitrogen and oxygen atoms in total. The van der Waals surface area contributed by atoms with Crippen LogP contribution in [0.25, 0.3) is 0 Å². The Bertz CT molecular complexity index is 461. The molecule has 1 N–H and O–H groups in total. The summed E-state index contributed by atoms with van der Waals surface area (Å²) in [5.74, 6) is 1.85. The van der Waals surface area contributed by atoms with Crippen LogP contribution in [0.1, 0.15) is 51.9 Å². The maximum Gasteiger partial charge on any atom is 0.193 e. The molecule has 0 amide bonds. The SMILES string of the molecule is CCNC(=NCC1(N2CCOCC2)CCCCC1)N(C)CCOCC1CC1.I. The van der Waals surface area contributed by atoms with E-state index in [1.165, 1.54) is 44.9 Å². The highest BCUT2D eigenvalue weighted by Gasteiger charge is 2.38. The molecule has 0 aromatic carbocycles. The van der Waals surface area contributed by atoms with Crippen LogP contribution in [0.15, 0.2) is 4.99 Å². The van der Waals surface area contributed by atoms with Crippen LogP contribution >= 0.6 is 24.0 Å². The number of guanidine groups is 1. The highest BCUT2D eigenvalue weighted by molar-refractivity contribution is 14.0. The van der Waals surface area contributed by atoms with Crippen molar-refractivity contribution in [2.24, 2.45) is 10.9 Å². The van der Waals surface area contributed by atoms with Gasteiger partial charge < -0.3 is 19.7 Å². The van der Waals surface area contributed by atoms with E-state index in [1.807, 2.05) is 0 Å². The highest BCUT2D eigenvalue weighted by Crippen LogP contribution is 2.34. The van der Waals surface area contributed by atoms with Crippen molar-refractivity contribution in [1.82, 2.24) is 15.1 Å². The first-order chi connectivity index (χ1) is 13.2. The second-order valence-corrected chi connectivity index (χ2v) is 8.49. The van der Waals surface area contributed by atoms with Crippen LogP contribution in [0.4, 0.5) is 0 Å². The Morgan fingerprint density at radius 3 is 2.57 bits per heavy atom. The van der Waals surface area contributed by atoms with Crippen LogP contribution in [-0.2, 0) is 9.47 Å². The lowest BCUT2D eigenvalue weighted by molar-refractivity contribution is -0.0334. The van der Waals surface area contributed by atoms with E-state index in [0.29, 0.717) is 0 Å². The molecule has 2 saturated carbocycles. The predicted molar refractivity (Wildman–Crippen MR) is 126 cm³/mol. The Hall–Kier alpha value is -0.120. The van der Waals surface area contributed by atoms with Crippen LogP contribution in [0.3, 0.4) is 0 Å². The molecule has 0 radical (unpaired) electrons. The summed E-state index contributed by atoms with van der Waals surface area (Å²) in [4.78, 5) is 10.0. The van der Waals surface area contributed by atoms with E-state index in [-0.39, 0.29) is 29.5 Å². The number of nitrogens with zero attached hydrogens (tertiary/aromatic N) is 3. The van der Waals surface area contributed by atoms with Crippen molar-refractivity contribution < 1.29 is 9.47 Å². The molecule has 164 valence electrons. The lowest BCUT2D eigenvalue weighted by atomic mass is 9.80. The molecule has 0 aromatic rings. The van der Waals surface area contributed by atoms with E-state index in [4.69, 9.17) is 14.5 Å². The third-order valence-electron chi connectivity index (χ3n) is 6.31. The Labute approximate surface area is 188 Å². The van der Waals surface area contributed by atoms with Crippen molar-refractivity contribution in [3.63, 3.8) is 0 Å². The molecular formula is C21H41IN4O2. The number of hydrogen-bond donors (Lipinski definition) is 1. The van der Waals surface area contributed by atoms with Gasteiger partial charge >= 0.3 is 0 Å². The van der Waals surface area contributed by atoms with Gasteiger partial charge in [0.25, 0.3) is 0 Å². The van der Waals surface area contributed by atoms with Gasteiger partial charge in [-0.2, -0.15) is 0 Å². The zero-order valence-corrected chi connectivity index (χ0v) is 20.3. The maximum atomic E-state index is 5.82. The van der Waals surface area contributed by atoms with Crippen LogP contribution in [0, 0.1) is 5.92 Å². The Morgan fingerprint density at radius 1 is 1.21 bits per heavy atom. The molecule has 0 aromatic heterocycles. The van der Waals surface area contributed by atoms with Gasteiger partial charge in [-0.25, -0.2) is 0 Å². The van der Waals surface area contributed by atoms with Gasteiger partial charge in [0.05, 0.1) is 26.4 Å². The van der Waals surface area contributed by atoms with E-state index < -0.39 is 0 Å². The van der Waals surface area contributed by atoms with Crippen molar-refractivity contribution in [2.75, 3.05) is 66.2 Å². The number of aliphatic imine (C=N–C) groups is 1. The quantitative estimate of drug-likeness (QED) is 0.225. The minimum absolute atomic E-state index is 0. The maximum absolute atomic E-state index is 5.82. The summed E-state index contributed by atoms with van der Waals surface area (Å²) in [5, 5.41) is 3.48. The van der Waals surface area contributed by atoms with Gasteiger partial charge in [0, 0.05) is 45.4 Å². The largest absolute Gasteiger partial charge is 0.379 e. The third-order valence-corrected chi connectivity index (χ3v) is 6.31. The molecule has 1 aliphatic heterocycles. The molecule has 0 spiro atoms. The molecule has 3 aliphatic rings. The van der Waals surface area contributed by atoms with E-state index in [9.17, 15) is 0 Å². The summed E-state index contributed by atoms with van der Waals surface area (Å²) in [5.41, 5.74) is 0.228. The van der Waals surface area contributed by atoms with E-state index in [1.54, 1.807) is 0 Å². The van der Waals surface area contributed by atoms with Gasteiger partial charge in [-0.3, -0.25) is 9.89 Å². The number of rotatable bonds is 9. The van der Waals surface area contributed by atoms with E-state index in [2.05, 4.69) is 29.1 Å². The third kappa shape index (κ3) is 7.29. The summed E-state index contributed by atoms with van der Waals surface area (Å²) in [6.07, 6.45) is 9.26. The van der Waals surface area contributed by atoms with Crippen LogP contribution < -0.4 is 5.32 Å². The Balaban J connectivity index is 0.00000280. The molecule has 28 heavy (non-hydrogen) atoms. The van der Waals surface area contributed by atoms with Crippen molar-refractivity contribution in [1.29, 1.82) is 0 Å². The van der Waals surface area contributed by atoms with Gasteiger partial charge in [0.1, 0.15) is 0 Å². The van der Waals surface area contributed by atoms with Crippen LogP contribution in [-0.4, -0.2) is 87.5 Å². The van der Waals surface area contributed by atoms with Gasteiger partial charge in [-0.05, 0) is 38.5 Å². The molecule has 0 unspecified atom stereocenters. The molecule has 3 fully saturated rings. The van der Waals surface area contributed by atoms with Crippen molar-refractivity contribution in [3.8, 4) is 0 Å². The molecule has 0 atom stereocenters. The summed E-state index contributed by atoms with van der Waals surface area (Å²) < 4.78 is 11.4. The summed E-state index contributed by atoms with van der Waals surface area (Å²) >= 11 is 0. The van der Waals surface area contributed by atoms with Crippen molar-refractivity contribution >= 4 is 29.9 Å². The summed E-state index contributed by atoms with van der Waals surface area (Å²) in [6, 6.07) is 0. The molecule has 7 heteroatoms. The molecular weight excluding hydrogens is 467 g/mol. The monoisotopic (exact) mass is 508 g/mol. The smallest absolute Gasteiger partial charge is 0.193 e. The van der Waals surface area contributed by atoms with E-state index in [0.717, 1.165) is 71.0 Å². The zero-order valence-electron chi connectivity index (χ0n) is 18.0. The van der Waals surface area contributed by atoms with Gasteiger partial charge in [-0.1, -0.05) is 19.3 Å². The second-order valence-electron chi connectivity index (χ2n) is 8.49. The average Bonchev–Trinajstić information content (AvgIpc) is 3.54. The molecule has 1 saturated heterocycles. The fourth-order valence-corrected chi connectivity index (χ4v) is 4.36. The number of likely N-dealkylation sites (N-methyl/N-ethyl adjacent to an activating group) is 1. The molecule has 3 rings (SSSR count). The summed E-state index contributed by atoms with van der Waals surface area (Å²) in [7, 11) is 2.13. The predicted octanol–water partition coefficient (Wildman–Crippen LogP) is 2.96. The number of ether oxygens (including phenoxy) is 2. The minimum atomic E-state index is 0. The lowest BCUT2D eigenvalue weighted by Gasteiger charge is -2.47. The second kappa shape index (κ2) is 12.5. The fraction of sp³-hybridized carbons (Fsp3) is 0.952. The van der Waals surface area contributed by atoms with E-state index >= 15 is 0 Å². The Kier molecular flexibility index (Phi) is 10.8. The topological polar surface area (TPSA) is 49.3 Å². The lowest BCUT2D eigenvalue weighted by Crippen LogP contribution is -2.56. The highest BCUT2D eigenvalue weighted by atomic mass is 127. The first-order valence-electron chi connectivity index (χ1n) is 11.1. The fourth-order valence-electron chi connectivity index (χ4n) is 4.36. The molecule has 2 aliphatic carbocycles. The van der Waals surface area contributed by atoms with Crippen molar-refractivity contribution in [3.05, 3.63) is 0 Å². The molecule has 1 heterocycles. The first-order valence-corrected chi connectivity index (χ1v) is 11.1. The number of halogens is 1. The van der Waals surface area contributed by atoms with Crippen LogP contribution in [0.2, 0.25) is 0 Å². The number of nitrogens with one attached hydrogen (secondary N) is 1. The minimum Gasteiger partial charge on any atom is -0.379 e.